The Morgan fingerprint density at radius 1 is 1.39 bits per heavy atom. The molecule has 100 valence electrons. The van der Waals surface area contributed by atoms with Crippen LogP contribution in [0.4, 0.5) is 26.3 Å². The molecule has 9 heteroatoms. The largest absolute Gasteiger partial charge is 0.481 e. The van der Waals surface area contributed by atoms with E-state index in [1.807, 2.05) is 0 Å². The van der Waals surface area contributed by atoms with Gasteiger partial charge in [-0.25, -0.2) is 18.2 Å². The average molecular weight is 273 g/mol. The number of aliphatic carboxylic acids is 1. The van der Waals surface area contributed by atoms with Gasteiger partial charge in [-0.3, -0.25) is 4.79 Å². The van der Waals surface area contributed by atoms with Gasteiger partial charge < -0.3 is 5.11 Å². The molecule has 0 bridgehead atoms. The molecule has 0 fully saturated rings. The lowest BCUT2D eigenvalue weighted by Crippen LogP contribution is -2.15. The van der Waals surface area contributed by atoms with Crippen LogP contribution in [0.15, 0.2) is 6.07 Å². The van der Waals surface area contributed by atoms with Crippen LogP contribution in [0.3, 0.4) is 0 Å². The van der Waals surface area contributed by atoms with E-state index in [0.717, 1.165) is 0 Å². The Labute approximate surface area is 96.1 Å². The van der Waals surface area contributed by atoms with Gasteiger partial charge in [0.15, 0.2) is 5.82 Å². The zero-order chi connectivity index (χ0) is 14.1. The highest BCUT2D eigenvalue weighted by Crippen LogP contribution is 2.34. The lowest BCUT2D eigenvalue weighted by molar-refractivity contribution is -0.141. The van der Waals surface area contributed by atoms with Crippen LogP contribution in [0.5, 0.6) is 0 Å². The Kier molecular flexibility index (Phi) is 3.82. The average Bonchev–Trinajstić information content (AvgIpc) is 2.17. The van der Waals surface area contributed by atoms with Crippen molar-refractivity contribution in [3.63, 3.8) is 0 Å². The molecule has 0 amide bonds. The molecule has 18 heavy (non-hydrogen) atoms. The first-order chi connectivity index (χ1) is 8.12. The third-order valence-electron chi connectivity index (χ3n) is 1.88. The molecule has 1 heterocycles. The minimum Gasteiger partial charge on any atom is -0.481 e. The number of carboxylic acids is 1. The van der Waals surface area contributed by atoms with Crippen molar-refractivity contribution in [3.8, 4) is 0 Å². The molecule has 0 aromatic carbocycles. The van der Waals surface area contributed by atoms with E-state index in [0.29, 0.717) is 0 Å². The van der Waals surface area contributed by atoms with E-state index in [4.69, 9.17) is 5.11 Å². The minimum atomic E-state index is -5.20. The van der Waals surface area contributed by atoms with Gasteiger partial charge in [0, 0.05) is 0 Å². The summed E-state index contributed by atoms with van der Waals surface area (Å²) in [6.07, 6.45) is -9.78. The smallest absolute Gasteiger partial charge is 0.419 e. The summed E-state index contributed by atoms with van der Waals surface area (Å²) in [5.41, 5.74) is -4.45. The monoisotopic (exact) mass is 273 g/mol. The van der Waals surface area contributed by atoms with Crippen molar-refractivity contribution in [1.29, 1.82) is 0 Å². The first-order valence-electron chi connectivity index (χ1n) is 4.39. The number of rotatable bonds is 3. The van der Waals surface area contributed by atoms with E-state index in [-0.39, 0.29) is 6.07 Å². The molecule has 0 atom stereocenters. The van der Waals surface area contributed by atoms with Gasteiger partial charge in [0.05, 0.1) is 17.7 Å². The first-order valence-corrected chi connectivity index (χ1v) is 4.39. The van der Waals surface area contributed by atoms with E-state index >= 15 is 0 Å². The van der Waals surface area contributed by atoms with Gasteiger partial charge in [-0.1, -0.05) is 0 Å². The molecule has 0 spiro atoms. The van der Waals surface area contributed by atoms with Crippen LogP contribution in [0.2, 0.25) is 0 Å². The van der Waals surface area contributed by atoms with Crippen LogP contribution in [0, 0.1) is 5.82 Å². The van der Waals surface area contributed by atoms with Gasteiger partial charge in [0.25, 0.3) is 6.43 Å². The molecular weight excluding hydrogens is 268 g/mol. The Morgan fingerprint density at radius 3 is 2.33 bits per heavy atom. The summed E-state index contributed by atoms with van der Waals surface area (Å²) in [4.78, 5) is 13.2. The molecule has 3 nitrogen and oxygen atoms in total. The first kappa shape index (κ1) is 14.3. The maximum absolute atomic E-state index is 13.1. The van der Waals surface area contributed by atoms with E-state index in [1.54, 1.807) is 0 Å². The van der Waals surface area contributed by atoms with Crippen LogP contribution in [-0.4, -0.2) is 16.1 Å². The normalized spacial score (nSPS) is 11.9. The molecule has 1 aromatic heterocycles. The molecule has 1 N–H and O–H groups in total. The number of halogens is 6. The summed E-state index contributed by atoms with van der Waals surface area (Å²) < 4.78 is 74.8. The number of hydrogen-bond acceptors (Lipinski definition) is 2. The van der Waals surface area contributed by atoms with Crippen LogP contribution < -0.4 is 0 Å². The van der Waals surface area contributed by atoms with Crippen molar-refractivity contribution in [3.05, 3.63) is 28.8 Å². The molecule has 0 saturated carbocycles. The number of nitrogens with zero attached hydrogens (tertiary/aromatic N) is 1. The number of carboxylic acid groups (broad SMARTS) is 1. The highest BCUT2D eigenvalue weighted by atomic mass is 19.4. The second-order valence-corrected chi connectivity index (χ2v) is 3.23. The van der Waals surface area contributed by atoms with Crippen LogP contribution in [0.25, 0.3) is 0 Å². The van der Waals surface area contributed by atoms with Crippen LogP contribution in [0.1, 0.15) is 23.4 Å². The number of pyridine rings is 1. The van der Waals surface area contributed by atoms with E-state index < -0.39 is 47.8 Å². The number of aromatic nitrogens is 1. The Balaban J connectivity index is 3.42. The van der Waals surface area contributed by atoms with Gasteiger partial charge >= 0.3 is 12.1 Å². The number of hydrogen-bond donors (Lipinski definition) is 1. The maximum atomic E-state index is 13.1. The van der Waals surface area contributed by atoms with Crippen molar-refractivity contribution in [2.24, 2.45) is 0 Å². The topological polar surface area (TPSA) is 50.2 Å². The summed E-state index contributed by atoms with van der Waals surface area (Å²) in [5, 5.41) is 8.36. The fraction of sp³-hybridized carbons (Fsp3) is 0.333. The molecule has 0 aliphatic heterocycles. The van der Waals surface area contributed by atoms with Gasteiger partial charge in [-0.15, -0.1) is 0 Å². The van der Waals surface area contributed by atoms with E-state index in [9.17, 15) is 31.1 Å². The van der Waals surface area contributed by atoms with Gasteiger partial charge in [0.1, 0.15) is 5.69 Å². The third kappa shape index (κ3) is 3.11. The van der Waals surface area contributed by atoms with Gasteiger partial charge in [-0.05, 0) is 6.07 Å². The van der Waals surface area contributed by atoms with Crippen molar-refractivity contribution in [1.82, 2.24) is 4.98 Å². The summed E-state index contributed by atoms with van der Waals surface area (Å²) in [5.74, 6) is -3.76. The predicted octanol–water partition coefficient (Wildman–Crippen LogP) is 2.80. The number of carbonyl (C=O) groups is 1. The quantitative estimate of drug-likeness (QED) is 0.861. The van der Waals surface area contributed by atoms with Crippen LogP contribution >= 0.6 is 0 Å². The Hall–Kier alpha value is -1.80. The summed E-state index contributed by atoms with van der Waals surface area (Å²) in [6, 6.07) is 0.106. The fourth-order valence-corrected chi connectivity index (χ4v) is 1.20. The summed E-state index contributed by atoms with van der Waals surface area (Å²) in [7, 11) is 0. The molecule has 0 aliphatic rings. The molecular formula is C9H5F6NO2. The van der Waals surface area contributed by atoms with Crippen LogP contribution in [-0.2, 0) is 17.4 Å². The SMILES string of the molecule is O=C(O)Cc1cc(C(F)(F)F)c(F)c(C(F)F)n1. The van der Waals surface area contributed by atoms with Gasteiger partial charge in [-0.2, -0.15) is 13.2 Å². The number of alkyl halides is 5. The molecule has 0 saturated heterocycles. The summed E-state index contributed by atoms with van der Waals surface area (Å²) >= 11 is 0. The fourth-order valence-electron chi connectivity index (χ4n) is 1.20. The second kappa shape index (κ2) is 4.83. The van der Waals surface area contributed by atoms with Crippen molar-refractivity contribution < 1.29 is 36.2 Å². The lowest BCUT2D eigenvalue weighted by atomic mass is 10.1. The predicted molar refractivity (Wildman–Crippen MR) is 45.5 cm³/mol. The highest BCUT2D eigenvalue weighted by Gasteiger charge is 2.37. The van der Waals surface area contributed by atoms with Gasteiger partial charge in [0.2, 0.25) is 0 Å². The van der Waals surface area contributed by atoms with Crippen molar-refractivity contribution in [2.75, 3.05) is 0 Å². The molecule has 1 aromatic rings. The van der Waals surface area contributed by atoms with E-state index in [2.05, 4.69) is 4.98 Å². The standard InChI is InChI=1S/C9H5F6NO2/c10-6-4(9(13,14)15)1-3(2-5(17)18)16-7(6)8(11)12/h1,8H,2H2,(H,17,18). The highest BCUT2D eigenvalue weighted by molar-refractivity contribution is 5.69. The second-order valence-electron chi connectivity index (χ2n) is 3.23. The zero-order valence-electron chi connectivity index (χ0n) is 8.43. The molecule has 0 radical (unpaired) electrons. The lowest BCUT2D eigenvalue weighted by Gasteiger charge is -2.12. The molecule has 1 rings (SSSR count). The Bertz CT molecular complexity index is 471. The summed E-state index contributed by atoms with van der Waals surface area (Å²) in [6.45, 7) is 0. The molecule has 0 aliphatic carbocycles. The van der Waals surface area contributed by atoms with Crippen molar-refractivity contribution >= 4 is 5.97 Å². The minimum absolute atomic E-state index is 0.106. The van der Waals surface area contributed by atoms with Crippen molar-refractivity contribution in [2.45, 2.75) is 19.0 Å². The molecule has 0 unspecified atom stereocenters. The Morgan fingerprint density at radius 2 is 1.94 bits per heavy atom. The van der Waals surface area contributed by atoms with E-state index in [1.165, 1.54) is 0 Å². The third-order valence-corrected chi connectivity index (χ3v) is 1.88. The zero-order valence-corrected chi connectivity index (χ0v) is 8.43. The maximum Gasteiger partial charge on any atom is 0.419 e.